The van der Waals surface area contributed by atoms with Gasteiger partial charge >= 0.3 is 0 Å². The monoisotopic (exact) mass is 304 g/mol. The van der Waals surface area contributed by atoms with Crippen LogP contribution in [0.3, 0.4) is 0 Å². The molecule has 122 valence electrons. The SMILES string of the molecule is CCCCCCOc1ccc(C2CCC(C=CF)CC2)cc1. The third-order valence-corrected chi connectivity index (χ3v) is 4.73. The first kappa shape index (κ1) is 17.1. The molecule has 0 aliphatic heterocycles. The maximum atomic E-state index is 12.2. The van der Waals surface area contributed by atoms with Gasteiger partial charge < -0.3 is 4.74 Å². The molecular formula is C20H29FO. The highest BCUT2D eigenvalue weighted by Gasteiger charge is 2.20. The first-order chi connectivity index (χ1) is 10.8. The average molecular weight is 304 g/mol. The molecule has 0 unspecified atom stereocenters. The van der Waals surface area contributed by atoms with Gasteiger partial charge in [-0.15, -0.1) is 0 Å². The largest absolute Gasteiger partial charge is 0.494 e. The summed E-state index contributed by atoms with van der Waals surface area (Å²) in [5.41, 5.74) is 1.40. The molecule has 2 rings (SSSR count). The van der Waals surface area contributed by atoms with E-state index in [1.165, 1.54) is 24.8 Å². The van der Waals surface area contributed by atoms with Crippen molar-refractivity contribution in [2.24, 2.45) is 5.92 Å². The Morgan fingerprint density at radius 1 is 1.05 bits per heavy atom. The lowest BCUT2D eigenvalue weighted by atomic mass is 9.79. The molecule has 0 saturated heterocycles. The van der Waals surface area contributed by atoms with Gasteiger partial charge in [0.05, 0.1) is 12.9 Å². The number of ether oxygens (including phenoxy) is 1. The Morgan fingerprint density at radius 3 is 2.41 bits per heavy atom. The maximum Gasteiger partial charge on any atom is 0.119 e. The van der Waals surface area contributed by atoms with Crippen LogP contribution < -0.4 is 4.74 Å². The lowest BCUT2D eigenvalue weighted by Crippen LogP contribution is -2.11. The zero-order chi connectivity index (χ0) is 15.6. The second-order valence-electron chi connectivity index (χ2n) is 6.41. The minimum Gasteiger partial charge on any atom is -0.494 e. The normalized spacial score (nSPS) is 22.1. The fourth-order valence-electron chi connectivity index (χ4n) is 3.30. The Morgan fingerprint density at radius 2 is 1.77 bits per heavy atom. The van der Waals surface area contributed by atoms with E-state index in [1.807, 2.05) is 0 Å². The van der Waals surface area contributed by atoms with Crippen LogP contribution in [0.5, 0.6) is 5.75 Å². The van der Waals surface area contributed by atoms with E-state index in [4.69, 9.17) is 4.74 Å². The maximum absolute atomic E-state index is 12.2. The first-order valence-corrected chi connectivity index (χ1v) is 8.83. The molecule has 0 amide bonds. The summed E-state index contributed by atoms with van der Waals surface area (Å²) in [6.45, 7) is 3.04. The van der Waals surface area contributed by atoms with E-state index in [9.17, 15) is 4.39 Å². The summed E-state index contributed by atoms with van der Waals surface area (Å²) in [5.74, 6) is 2.05. The van der Waals surface area contributed by atoms with Crippen LogP contribution in [-0.2, 0) is 0 Å². The van der Waals surface area contributed by atoms with E-state index < -0.39 is 0 Å². The van der Waals surface area contributed by atoms with Crippen LogP contribution >= 0.6 is 0 Å². The summed E-state index contributed by atoms with van der Waals surface area (Å²) >= 11 is 0. The number of unbranched alkanes of at least 4 members (excludes halogenated alkanes) is 3. The highest BCUT2D eigenvalue weighted by molar-refractivity contribution is 5.29. The number of halogens is 1. The number of hydrogen-bond acceptors (Lipinski definition) is 1. The van der Waals surface area contributed by atoms with Crippen molar-refractivity contribution in [1.82, 2.24) is 0 Å². The second-order valence-corrected chi connectivity index (χ2v) is 6.41. The number of benzene rings is 1. The predicted octanol–water partition coefficient (Wildman–Crippen LogP) is 6.40. The summed E-state index contributed by atoms with van der Waals surface area (Å²) in [5, 5.41) is 0. The molecule has 0 atom stereocenters. The van der Waals surface area contributed by atoms with Gasteiger partial charge in [0, 0.05) is 0 Å². The second kappa shape index (κ2) is 9.66. The van der Waals surface area contributed by atoms with E-state index in [1.54, 1.807) is 6.08 Å². The third kappa shape index (κ3) is 5.47. The van der Waals surface area contributed by atoms with Gasteiger partial charge in [0.15, 0.2) is 0 Å². The Kier molecular flexibility index (Phi) is 7.48. The van der Waals surface area contributed by atoms with Crippen molar-refractivity contribution in [2.75, 3.05) is 6.61 Å². The van der Waals surface area contributed by atoms with Gasteiger partial charge in [-0.2, -0.15) is 0 Å². The fraction of sp³-hybridized carbons (Fsp3) is 0.600. The van der Waals surface area contributed by atoms with Crippen molar-refractivity contribution in [3.8, 4) is 5.75 Å². The van der Waals surface area contributed by atoms with Gasteiger partial charge in [-0.1, -0.05) is 44.4 Å². The Labute approximate surface area is 134 Å². The van der Waals surface area contributed by atoms with Crippen LogP contribution in [0.15, 0.2) is 36.7 Å². The van der Waals surface area contributed by atoms with Gasteiger partial charge in [0.1, 0.15) is 5.75 Å². The smallest absolute Gasteiger partial charge is 0.119 e. The van der Waals surface area contributed by atoms with Crippen LogP contribution in [0.2, 0.25) is 0 Å². The lowest BCUT2D eigenvalue weighted by Gasteiger charge is -2.26. The van der Waals surface area contributed by atoms with Crippen LogP contribution in [0.1, 0.15) is 69.8 Å². The molecule has 1 aliphatic carbocycles. The predicted molar refractivity (Wildman–Crippen MR) is 91.0 cm³/mol. The van der Waals surface area contributed by atoms with Crippen molar-refractivity contribution in [2.45, 2.75) is 64.2 Å². The molecule has 0 spiro atoms. The van der Waals surface area contributed by atoms with Crippen LogP contribution in [0, 0.1) is 5.92 Å². The average Bonchev–Trinajstić information content (AvgIpc) is 2.56. The topological polar surface area (TPSA) is 9.23 Å². The van der Waals surface area contributed by atoms with Crippen molar-refractivity contribution in [3.63, 3.8) is 0 Å². The summed E-state index contributed by atoms with van der Waals surface area (Å²) < 4.78 is 18.0. The molecule has 0 radical (unpaired) electrons. The summed E-state index contributed by atoms with van der Waals surface area (Å²) in [6, 6.07) is 8.61. The molecule has 0 aromatic heterocycles. The third-order valence-electron chi connectivity index (χ3n) is 4.73. The summed E-state index contributed by atoms with van der Waals surface area (Å²) in [7, 11) is 0. The first-order valence-electron chi connectivity index (χ1n) is 8.83. The van der Waals surface area contributed by atoms with E-state index in [-0.39, 0.29) is 0 Å². The van der Waals surface area contributed by atoms with Gasteiger partial charge in [-0.25, -0.2) is 4.39 Å². The fourth-order valence-corrected chi connectivity index (χ4v) is 3.30. The highest BCUT2D eigenvalue weighted by atomic mass is 19.1. The number of hydrogen-bond donors (Lipinski definition) is 0. The molecule has 1 nitrogen and oxygen atoms in total. The van der Waals surface area contributed by atoms with Crippen LogP contribution in [0.4, 0.5) is 4.39 Å². The van der Waals surface area contributed by atoms with E-state index >= 15 is 0 Å². The quantitative estimate of drug-likeness (QED) is 0.505. The molecule has 0 N–H and O–H groups in total. The van der Waals surface area contributed by atoms with Crippen LogP contribution in [-0.4, -0.2) is 6.61 Å². The Bertz CT molecular complexity index is 430. The van der Waals surface area contributed by atoms with E-state index in [0.717, 1.165) is 44.5 Å². The van der Waals surface area contributed by atoms with E-state index in [2.05, 4.69) is 31.2 Å². The molecule has 1 aliphatic rings. The zero-order valence-corrected chi connectivity index (χ0v) is 13.8. The van der Waals surface area contributed by atoms with Crippen LogP contribution in [0.25, 0.3) is 0 Å². The molecule has 1 saturated carbocycles. The molecule has 0 heterocycles. The molecule has 22 heavy (non-hydrogen) atoms. The molecule has 2 heteroatoms. The number of rotatable bonds is 8. The van der Waals surface area contributed by atoms with Crippen molar-refractivity contribution >= 4 is 0 Å². The van der Waals surface area contributed by atoms with Crippen molar-refractivity contribution < 1.29 is 9.13 Å². The molecule has 0 bridgehead atoms. The molecule has 1 fully saturated rings. The van der Waals surface area contributed by atoms with Gasteiger partial charge in [-0.05, 0) is 61.6 Å². The Hall–Kier alpha value is -1.31. The summed E-state index contributed by atoms with van der Waals surface area (Å²) in [4.78, 5) is 0. The lowest BCUT2D eigenvalue weighted by molar-refractivity contribution is 0.304. The molecule has 1 aromatic carbocycles. The zero-order valence-electron chi connectivity index (χ0n) is 13.8. The van der Waals surface area contributed by atoms with Crippen molar-refractivity contribution in [3.05, 3.63) is 42.2 Å². The molecular weight excluding hydrogens is 275 g/mol. The minimum atomic E-state index is 0.437. The van der Waals surface area contributed by atoms with Gasteiger partial charge in [0.2, 0.25) is 0 Å². The van der Waals surface area contributed by atoms with Crippen molar-refractivity contribution in [1.29, 1.82) is 0 Å². The summed E-state index contributed by atoms with van der Waals surface area (Å²) in [6.07, 6.45) is 11.9. The van der Waals surface area contributed by atoms with Gasteiger partial charge in [-0.3, -0.25) is 0 Å². The van der Waals surface area contributed by atoms with E-state index in [0.29, 0.717) is 18.2 Å². The standard InChI is InChI=1S/C20H29FO/c1-2-3-4-5-16-22-20-12-10-19(11-13-20)18-8-6-17(7-9-18)14-15-21/h10-15,17-18H,2-9,16H2,1H3. The number of allylic oxidation sites excluding steroid dienone is 1. The van der Waals surface area contributed by atoms with Gasteiger partial charge in [0.25, 0.3) is 0 Å². The Balaban J connectivity index is 1.75. The highest BCUT2D eigenvalue weighted by Crippen LogP contribution is 2.36. The molecule has 1 aromatic rings. The minimum absolute atomic E-state index is 0.437.